The monoisotopic (exact) mass is 452 g/mol. The fourth-order valence-corrected chi connectivity index (χ4v) is 4.10. The molecular weight excluding hydrogens is 416 g/mol. The van der Waals surface area contributed by atoms with E-state index in [-0.39, 0.29) is 0 Å². The molecule has 4 rings (SSSR count). The first-order chi connectivity index (χ1) is 15.9. The van der Waals surface area contributed by atoms with Crippen molar-refractivity contribution >= 4 is 18.4 Å². The standard InChI is InChI=1S/C22H25N3O.C2H7N.C2H4O2/c1-15-6-9-25-20(12-17-7-8-24(3)13-17)22(23-21(25)10-15)19-5-4-18(14-26)11-16(19)2;1-3-2;1-4-2-3/h4-6,9-11,14,17H,7-8,12-13H2,1-3H3;3H,1-2H3;2H,1H3. The Morgan fingerprint density at radius 1 is 1.18 bits per heavy atom. The highest BCUT2D eigenvalue weighted by atomic mass is 16.5. The van der Waals surface area contributed by atoms with Crippen LogP contribution in [-0.4, -0.2) is 68.4 Å². The average Bonchev–Trinajstić information content (AvgIpc) is 3.37. The fourth-order valence-electron chi connectivity index (χ4n) is 4.10. The highest BCUT2D eigenvalue weighted by Gasteiger charge is 2.24. The first kappa shape index (κ1) is 26.2. The molecular formula is C26H36N4O3. The molecule has 1 aliphatic rings. The molecule has 0 bridgehead atoms. The van der Waals surface area contributed by atoms with Crippen molar-refractivity contribution in [3.63, 3.8) is 0 Å². The number of aldehydes is 1. The zero-order valence-electron chi connectivity index (χ0n) is 20.6. The van der Waals surface area contributed by atoms with E-state index < -0.39 is 0 Å². The van der Waals surface area contributed by atoms with Gasteiger partial charge in [0.1, 0.15) is 11.9 Å². The molecule has 1 unspecified atom stereocenters. The Morgan fingerprint density at radius 3 is 2.42 bits per heavy atom. The van der Waals surface area contributed by atoms with Gasteiger partial charge in [-0.3, -0.25) is 9.59 Å². The molecule has 1 saturated heterocycles. The largest absolute Gasteiger partial charge is 0.471 e. The Kier molecular flexibility index (Phi) is 10.2. The lowest BCUT2D eigenvalue weighted by atomic mass is 9.96. The molecule has 1 aromatic carbocycles. The van der Waals surface area contributed by atoms with E-state index in [0.29, 0.717) is 18.0 Å². The molecule has 7 heteroatoms. The van der Waals surface area contributed by atoms with Gasteiger partial charge in [0, 0.05) is 23.9 Å². The summed E-state index contributed by atoms with van der Waals surface area (Å²) in [5.74, 6) is 0.662. The van der Waals surface area contributed by atoms with Crippen LogP contribution in [0.3, 0.4) is 0 Å². The van der Waals surface area contributed by atoms with Gasteiger partial charge < -0.3 is 19.4 Å². The van der Waals surface area contributed by atoms with Crippen molar-refractivity contribution in [1.29, 1.82) is 0 Å². The number of likely N-dealkylation sites (tertiary alicyclic amines) is 1. The molecule has 1 fully saturated rings. The second-order valence-electron chi connectivity index (χ2n) is 8.48. The molecule has 0 saturated carbocycles. The highest BCUT2D eigenvalue weighted by Crippen LogP contribution is 2.31. The predicted octanol–water partition coefficient (Wildman–Crippen LogP) is 3.55. The number of rotatable bonds is 5. The van der Waals surface area contributed by atoms with E-state index >= 15 is 0 Å². The average molecular weight is 453 g/mol. The van der Waals surface area contributed by atoms with Crippen LogP contribution >= 0.6 is 0 Å². The Hall–Kier alpha value is -3.03. The van der Waals surface area contributed by atoms with E-state index in [1.54, 1.807) is 0 Å². The quantitative estimate of drug-likeness (QED) is 0.597. The van der Waals surface area contributed by atoms with Crippen LogP contribution < -0.4 is 5.32 Å². The van der Waals surface area contributed by atoms with Crippen molar-refractivity contribution in [2.45, 2.75) is 26.7 Å². The van der Waals surface area contributed by atoms with Gasteiger partial charge in [-0.2, -0.15) is 0 Å². The van der Waals surface area contributed by atoms with Crippen molar-refractivity contribution in [2.24, 2.45) is 5.92 Å². The summed E-state index contributed by atoms with van der Waals surface area (Å²) in [4.78, 5) is 27.4. The summed E-state index contributed by atoms with van der Waals surface area (Å²) >= 11 is 0. The third kappa shape index (κ3) is 6.97. The number of hydrogen-bond donors (Lipinski definition) is 1. The lowest BCUT2D eigenvalue weighted by molar-refractivity contribution is -0.126. The number of nitrogens with one attached hydrogen (secondary N) is 1. The van der Waals surface area contributed by atoms with Crippen LogP contribution in [0.15, 0.2) is 36.5 Å². The van der Waals surface area contributed by atoms with Gasteiger partial charge in [-0.15, -0.1) is 0 Å². The zero-order chi connectivity index (χ0) is 24.4. The number of aromatic nitrogens is 2. The SMILES string of the molecule is CNC.COC=O.Cc1ccn2c(CC3CCN(C)C3)c(-c3ccc(C=O)cc3C)nc2c1. The Morgan fingerprint density at radius 2 is 1.88 bits per heavy atom. The Bertz CT molecular complexity index is 1060. The molecule has 1 atom stereocenters. The fraction of sp³-hybridized carbons (Fsp3) is 0.423. The molecule has 3 heterocycles. The van der Waals surface area contributed by atoms with Crippen LogP contribution in [0.4, 0.5) is 0 Å². The second-order valence-corrected chi connectivity index (χ2v) is 8.48. The number of pyridine rings is 1. The van der Waals surface area contributed by atoms with Crippen molar-refractivity contribution in [1.82, 2.24) is 19.6 Å². The number of aryl methyl sites for hydroxylation is 2. The van der Waals surface area contributed by atoms with Gasteiger partial charge in [-0.1, -0.05) is 12.1 Å². The molecule has 0 spiro atoms. The first-order valence-corrected chi connectivity index (χ1v) is 11.2. The molecule has 7 nitrogen and oxygen atoms in total. The van der Waals surface area contributed by atoms with Crippen LogP contribution in [0.2, 0.25) is 0 Å². The number of ether oxygens (including phenoxy) is 1. The van der Waals surface area contributed by atoms with E-state index in [0.717, 1.165) is 41.7 Å². The van der Waals surface area contributed by atoms with E-state index in [1.165, 1.54) is 31.3 Å². The van der Waals surface area contributed by atoms with Crippen LogP contribution in [0.1, 0.15) is 33.6 Å². The molecule has 1 aliphatic heterocycles. The summed E-state index contributed by atoms with van der Waals surface area (Å²) in [7, 11) is 7.26. The topological polar surface area (TPSA) is 75.9 Å². The number of methoxy groups -OCH3 is 1. The van der Waals surface area contributed by atoms with Crippen molar-refractivity contribution in [3.8, 4) is 11.3 Å². The third-order valence-corrected chi connectivity index (χ3v) is 5.59. The molecule has 0 aliphatic carbocycles. The molecule has 3 aromatic rings. The lowest BCUT2D eigenvalue weighted by Crippen LogP contribution is -2.15. The maximum Gasteiger partial charge on any atom is 0.292 e. The first-order valence-electron chi connectivity index (χ1n) is 11.2. The van der Waals surface area contributed by atoms with E-state index in [2.05, 4.69) is 58.6 Å². The number of nitrogens with zero attached hydrogens (tertiary/aromatic N) is 3. The number of imidazole rings is 1. The summed E-state index contributed by atoms with van der Waals surface area (Å²) in [6.07, 6.45) is 5.31. The summed E-state index contributed by atoms with van der Waals surface area (Å²) < 4.78 is 6.10. The molecule has 0 radical (unpaired) electrons. The Balaban J connectivity index is 0.000000489. The van der Waals surface area contributed by atoms with Crippen molar-refractivity contribution < 1.29 is 14.3 Å². The molecule has 2 aromatic heterocycles. The number of carbonyl (C=O) groups excluding carboxylic acids is 2. The van der Waals surface area contributed by atoms with Crippen LogP contribution in [0.25, 0.3) is 16.9 Å². The van der Waals surface area contributed by atoms with E-state index in [4.69, 9.17) is 9.78 Å². The van der Waals surface area contributed by atoms with Crippen LogP contribution in [0.5, 0.6) is 0 Å². The Labute approximate surface area is 196 Å². The molecule has 0 amide bonds. The molecule has 33 heavy (non-hydrogen) atoms. The summed E-state index contributed by atoms with van der Waals surface area (Å²) in [5, 5.41) is 2.75. The maximum absolute atomic E-state index is 11.1. The van der Waals surface area contributed by atoms with Crippen LogP contribution in [0, 0.1) is 19.8 Å². The van der Waals surface area contributed by atoms with Gasteiger partial charge in [0.2, 0.25) is 0 Å². The van der Waals surface area contributed by atoms with Gasteiger partial charge in [0.15, 0.2) is 0 Å². The van der Waals surface area contributed by atoms with Gasteiger partial charge in [0.05, 0.1) is 18.5 Å². The molecule has 1 N–H and O–H groups in total. The number of benzene rings is 1. The van der Waals surface area contributed by atoms with Crippen molar-refractivity contribution in [3.05, 3.63) is 58.9 Å². The van der Waals surface area contributed by atoms with E-state index in [1.807, 2.05) is 32.3 Å². The van der Waals surface area contributed by atoms with E-state index in [9.17, 15) is 4.79 Å². The molecule has 178 valence electrons. The van der Waals surface area contributed by atoms with Gasteiger partial charge in [-0.25, -0.2) is 4.98 Å². The second kappa shape index (κ2) is 12.9. The zero-order valence-corrected chi connectivity index (χ0v) is 20.6. The minimum absolute atomic E-state index is 0.375. The number of hydrogen-bond acceptors (Lipinski definition) is 6. The predicted molar refractivity (Wildman–Crippen MR) is 133 cm³/mol. The highest BCUT2D eigenvalue weighted by molar-refractivity contribution is 5.79. The number of carbonyl (C=O) groups is 2. The summed E-state index contributed by atoms with van der Waals surface area (Å²) in [5.41, 5.74) is 7.49. The normalized spacial score (nSPS) is 15.3. The van der Waals surface area contributed by atoms with Gasteiger partial charge in [0.25, 0.3) is 6.47 Å². The smallest absolute Gasteiger partial charge is 0.292 e. The minimum atomic E-state index is 0.375. The van der Waals surface area contributed by atoms with Crippen LogP contribution in [-0.2, 0) is 16.0 Å². The minimum Gasteiger partial charge on any atom is -0.471 e. The lowest BCUT2D eigenvalue weighted by Gasteiger charge is -2.13. The van der Waals surface area contributed by atoms with Gasteiger partial charge >= 0.3 is 0 Å². The van der Waals surface area contributed by atoms with Crippen molar-refractivity contribution in [2.75, 3.05) is 41.3 Å². The maximum atomic E-state index is 11.1. The summed E-state index contributed by atoms with van der Waals surface area (Å²) in [6.45, 7) is 6.85. The van der Waals surface area contributed by atoms with Gasteiger partial charge in [-0.05, 0) is 89.6 Å². The summed E-state index contributed by atoms with van der Waals surface area (Å²) in [6, 6.07) is 10.2. The third-order valence-electron chi connectivity index (χ3n) is 5.59. The number of fused-ring (bicyclic) bond motifs is 1.